The summed E-state index contributed by atoms with van der Waals surface area (Å²) in [5.74, 6) is 0. The van der Waals surface area contributed by atoms with E-state index in [-0.39, 0.29) is 0 Å². The van der Waals surface area contributed by atoms with Crippen molar-refractivity contribution in [1.29, 1.82) is 0 Å². The molecule has 0 aromatic heterocycles. The molecule has 0 fully saturated rings. The van der Waals surface area contributed by atoms with Gasteiger partial charge in [0, 0.05) is 0 Å². The van der Waals surface area contributed by atoms with Gasteiger partial charge in [-0.25, -0.2) is 0 Å². The van der Waals surface area contributed by atoms with Gasteiger partial charge < -0.3 is 0 Å². The van der Waals surface area contributed by atoms with Gasteiger partial charge in [-0.15, -0.1) is 0 Å². The molecule has 0 nitrogen and oxygen atoms in total. The molecule has 0 saturated carbocycles. The molecule has 0 heterocycles. The zero-order valence-electron chi connectivity index (χ0n) is 15.0. The third-order valence-electron chi connectivity index (χ3n) is 3.54. The highest BCUT2D eigenvalue weighted by atomic mass is 14.1. The molecule has 1 rings (SSSR count). The minimum atomic E-state index is 1.10. The van der Waals surface area contributed by atoms with Crippen LogP contribution in [-0.4, -0.2) is 0 Å². The molecule has 0 aliphatic carbocycles. The van der Waals surface area contributed by atoms with E-state index in [0.29, 0.717) is 0 Å². The van der Waals surface area contributed by atoms with E-state index in [9.17, 15) is 0 Å². The van der Waals surface area contributed by atoms with Gasteiger partial charge in [-0.3, -0.25) is 0 Å². The molecule has 0 aliphatic rings. The maximum atomic E-state index is 3.92. The molecule has 0 atom stereocenters. The highest BCUT2D eigenvalue weighted by Gasteiger charge is 2.04. The van der Waals surface area contributed by atoms with Crippen LogP contribution in [0.2, 0.25) is 0 Å². The van der Waals surface area contributed by atoms with Crippen LogP contribution in [0.1, 0.15) is 63.3 Å². The standard InChI is InChI=1S/C19H26.C2H6/c1-7-19-16(5)11-13-18(17(19)6)12-10-15(4)9-8-14(2)3;1-2/h7-9,11,13H,1,10,12H2,2-6H3;1-2H3/b15-9+;. The quantitative estimate of drug-likeness (QED) is 0.520. The summed E-state index contributed by atoms with van der Waals surface area (Å²) in [6.07, 6.45) is 8.61. The molecule has 0 saturated heterocycles. The lowest BCUT2D eigenvalue weighted by Gasteiger charge is -2.11. The lowest BCUT2D eigenvalue weighted by Crippen LogP contribution is -1.95. The lowest BCUT2D eigenvalue weighted by molar-refractivity contribution is 0.929. The summed E-state index contributed by atoms with van der Waals surface area (Å²) in [6.45, 7) is 18.7. The minimum absolute atomic E-state index is 1.10. The molecule has 0 radical (unpaired) electrons. The molecular formula is C21H32. The molecule has 1 aromatic carbocycles. The normalized spacial score (nSPS) is 10.5. The molecule has 0 bridgehead atoms. The second-order valence-corrected chi connectivity index (χ2v) is 5.54. The fourth-order valence-electron chi connectivity index (χ4n) is 2.22. The second kappa shape index (κ2) is 10.2. The third kappa shape index (κ3) is 6.62. The molecule has 0 heteroatoms. The van der Waals surface area contributed by atoms with Crippen molar-refractivity contribution in [2.75, 3.05) is 0 Å². The van der Waals surface area contributed by atoms with Crippen molar-refractivity contribution in [2.45, 2.75) is 61.3 Å². The molecule has 0 amide bonds. The summed E-state index contributed by atoms with van der Waals surface area (Å²) in [5.41, 5.74) is 8.20. The Balaban J connectivity index is 0.00000191. The minimum Gasteiger partial charge on any atom is -0.0985 e. The summed E-state index contributed by atoms with van der Waals surface area (Å²) in [5, 5.41) is 0. The number of hydrogen-bond acceptors (Lipinski definition) is 0. The van der Waals surface area contributed by atoms with Crippen LogP contribution in [0.5, 0.6) is 0 Å². The van der Waals surface area contributed by atoms with Gasteiger partial charge >= 0.3 is 0 Å². The monoisotopic (exact) mass is 284 g/mol. The Labute approximate surface area is 132 Å². The summed E-state index contributed by atoms with van der Waals surface area (Å²) in [7, 11) is 0. The van der Waals surface area contributed by atoms with E-state index < -0.39 is 0 Å². The molecule has 0 spiro atoms. The summed E-state index contributed by atoms with van der Waals surface area (Å²) in [4.78, 5) is 0. The zero-order chi connectivity index (χ0) is 16.4. The van der Waals surface area contributed by atoms with Crippen molar-refractivity contribution in [3.8, 4) is 0 Å². The average molecular weight is 284 g/mol. The first-order valence-electron chi connectivity index (χ1n) is 7.98. The number of rotatable bonds is 5. The molecule has 0 unspecified atom stereocenters. The Morgan fingerprint density at radius 2 is 1.67 bits per heavy atom. The van der Waals surface area contributed by atoms with E-state index in [0.717, 1.165) is 12.8 Å². The van der Waals surface area contributed by atoms with Gasteiger partial charge in [-0.1, -0.05) is 61.9 Å². The molecule has 0 aliphatic heterocycles. The van der Waals surface area contributed by atoms with Crippen molar-refractivity contribution < 1.29 is 0 Å². The summed E-state index contributed by atoms with van der Waals surface area (Å²) >= 11 is 0. The van der Waals surface area contributed by atoms with Crippen LogP contribution >= 0.6 is 0 Å². The Bertz CT molecular complexity index is 509. The topological polar surface area (TPSA) is 0 Å². The van der Waals surface area contributed by atoms with Gasteiger partial charge in [0.05, 0.1) is 0 Å². The molecular weight excluding hydrogens is 252 g/mol. The fourth-order valence-corrected chi connectivity index (χ4v) is 2.22. The first-order chi connectivity index (χ1) is 9.95. The Morgan fingerprint density at radius 1 is 1.05 bits per heavy atom. The Morgan fingerprint density at radius 3 is 2.19 bits per heavy atom. The van der Waals surface area contributed by atoms with Crippen LogP contribution in [0, 0.1) is 13.8 Å². The van der Waals surface area contributed by atoms with E-state index >= 15 is 0 Å². The van der Waals surface area contributed by atoms with Crippen molar-refractivity contribution >= 4 is 6.08 Å². The van der Waals surface area contributed by atoms with Crippen LogP contribution in [0.3, 0.4) is 0 Å². The maximum absolute atomic E-state index is 3.92. The average Bonchev–Trinajstić information content (AvgIpc) is 2.47. The van der Waals surface area contributed by atoms with E-state index in [4.69, 9.17) is 0 Å². The molecule has 116 valence electrons. The van der Waals surface area contributed by atoms with E-state index in [1.165, 1.54) is 33.4 Å². The molecule has 1 aromatic rings. The van der Waals surface area contributed by atoms with E-state index in [1.54, 1.807) is 0 Å². The van der Waals surface area contributed by atoms with Crippen molar-refractivity contribution in [3.05, 3.63) is 64.3 Å². The van der Waals surface area contributed by atoms with Gasteiger partial charge in [0.2, 0.25) is 0 Å². The van der Waals surface area contributed by atoms with Crippen LogP contribution in [0.4, 0.5) is 0 Å². The maximum Gasteiger partial charge on any atom is -0.0201 e. The predicted octanol–water partition coefficient (Wildman–Crippen LogP) is 6.82. The Hall–Kier alpha value is -1.56. The number of benzene rings is 1. The summed E-state index contributed by atoms with van der Waals surface area (Å²) in [6, 6.07) is 4.46. The van der Waals surface area contributed by atoms with Crippen molar-refractivity contribution in [2.24, 2.45) is 0 Å². The smallest absolute Gasteiger partial charge is 0.0201 e. The van der Waals surface area contributed by atoms with Gasteiger partial charge in [-0.2, -0.15) is 0 Å². The first-order valence-corrected chi connectivity index (χ1v) is 7.98. The largest absolute Gasteiger partial charge is 0.0985 e. The second-order valence-electron chi connectivity index (χ2n) is 5.54. The first kappa shape index (κ1) is 19.4. The highest BCUT2D eigenvalue weighted by molar-refractivity contribution is 5.58. The van der Waals surface area contributed by atoms with Crippen LogP contribution < -0.4 is 0 Å². The number of aryl methyl sites for hydroxylation is 2. The fraction of sp³-hybridized carbons (Fsp3) is 0.429. The zero-order valence-corrected chi connectivity index (χ0v) is 15.0. The van der Waals surface area contributed by atoms with Gasteiger partial charge in [-0.05, 0) is 69.7 Å². The van der Waals surface area contributed by atoms with Gasteiger partial charge in [0.1, 0.15) is 0 Å². The molecule has 21 heavy (non-hydrogen) atoms. The highest BCUT2D eigenvalue weighted by Crippen LogP contribution is 2.21. The van der Waals surface area contributed by atoms with Crippen LogP contribution in [-0.2, 0) is 6.42 Å². The SMILES string of the molecule is C=Cc1c(C)ccc(CC/C(C)=C/C=C(C)C)c1C.CC. The number of allylic oxidation sites excluding steroid dienone is 4. The predicted molar refractivity (Wildman–Crippen MR) is 98.9 cm³/mol. The van der Waals surface area contributed by atoms with E-state index in [2.05, 4.69) is 65.5 Å². The summed E-state index contributed by atoms with van der Waals surface area (Å²) < 4.78 is 0. The van der Waals surface area contributed by atoms with Gasteiger partial charge in [0.15, 0.2) is 0 Å². The van der Waals surface area contributed by atoms with Crippen molar-refractivity contribution in [3.63, 3.8) is 0 Å². The Kier molecular flexibility index (Phi) is 9.45. The van der Waals surface area contributed by atoms with Gasteiger partial charge in [0.25, 0.3) is 0 Å². The van der Waals surface area contributed by atoms with Crippen LogP contribution in [0.25, 0.3) is 6.08 Å². The van der Waals surface area contributed by atoms with Crippen molar-refractivity contribution in [1.82, 2.24) is 0 Å². The number of hydrogen-bond donors (Lipinski definition) is 0. The lowest BCUT2D eigenvalue weighted by atomic mass is 9.94. The van der Waals surface area contributed by atoms with Crippen LogP contribution in [0.15, 0.2) is 42.0 Å². The van der Waals surface area contributed by atoms with E-state index in [1.807, 2.05) is 19.9 Å². The molecule has 0 N–H and O–H groups in total. The third-order valence-corrected chi connectivity index (χ3v) is 3.54.